The van der Waals surface area contributed by atoms with E-state index in [-0.39, 0.29) is 15.5 Å². The molecule has 2 rings (SSSR count). The summed E-state index contributed by atoms with van der Waals surface area (Å²) >= 11 is 4.27. The van der Waals surface area contributed by atoms with Crippen LogP contribution in [0.1, 0.15) is 10.4 Å². The van der Waals surface area contributed by atoms with Crippen molar-refractivity contribution in [3.05, 3.63) is 45.7 Å². The maximum Gasteiger partial charge on any atom is 0.271 e. The Morgan fingerprint density at radius 2 is 2.00 bits per heavy atom. The molecule has 0 saturated carbocycles. The molecule has 100 valence electrons. The topological polar surface area (TPSA) is 89.3 Å². The number of hydrogen-bond acceptors (Lipinski definition) is 4. The summed E-state index contributed by atoms with van der Waals surface area (Å²) in [6.07, 6.45) is 0. The van der Waals surface area contributed by atoms with Gasteiger partial charge >= 0.3 is 0 Å². The second-order valence-corrected chi connectivity index (χ2v) is 7.34. The zero-order chi connectivity index (χ0) is 14.0. The molecule has 3 N–H and O–H groups in total. The number of amides is 1. The third-order valence-corrected chi connectivity index (χ3v) is 5.81. The lowest BCUT2D eigenvalue weighted by molar-refractivity contribution is 0.100. The van der Waals surface area contributed by atoms with Crippen LogP contribution in [0, 0.1) is 0 Å². The summed E-state index contributed by atoms with van der Waals surface area (Å²) in [5.74, 6) is -0.689. The van der Waals surface area contributed by atoms with E-state index in [0.717, 1.165) is 11.3 Å². The number of benzene rings is 1. The minimum Gasteiger partial charge on any atom is -0.366 e. The van der Waals surface area contributed by atoms with Crippen molar-refractivity contribution in [1.29, 1.82) is 0 Å². The van der Waals surface area contributed by atoms with Gasteiger partial charge in [-0.2, -0.15) is 0 Å². The number of nitrogens with two attached hydrogens (primary N) is 1. The van der Waals surface area contributed by atoms with Crippen molar-refractivity contribution in [3.8, 4) is 0 Å². The number of halogens is 1. The molecule has 0 radical (unpaired) electrons. The van der Waals surface area contributed by atoms with E-state index in [1.807, 2.05) is 0 Å². The number of nitrogens with one attached hydrogen (secondary N) is 1. The quantitative estimate of drug-likeness (QED) is 0.876. The molecule has 0 aliphatic heterocycles. The molecule has 8 heteroatoms. The molecule has 1 aromatic heterocycles. The normalized spacial score (nSPS) is 11.2. The molecule has 5 nitrogen and oxygen atoms in total. The molecule has 0 bridgehead atoms. The number of rotatable bonds is 4. The Morgan fingerprint density at radius 1 is 1.32 bits per heavy atom. The molecule has 1 heterocycles. The lowest BCUT2D eigenvalue weighted by atomic mass is 10.2. The van der Waals surface area contributed by atoms with Gasteiger partial charge in [0.15, 0.2) is 0 Å². The summed E-state index contributed by atoms with van der Waals surface area (Å²) < 4.78 is 27.4. The first-order valence-electron chi connectivity index (χ1n) is 5.06. The number of anilines is 1. The maximum atomic E-state index is 12.1. The Balaban J connectivity index is 2.39. The largest absolute Gasteiger partial charge is 0.366 e. The van der Waals surface area contributed by atoms with Gasteiger partial charge in [0, 0.05) is 9.85 Å². The molecule has 1 aromatic carbocycles. The highest BCUT2D eigenvalue weighted by Gasteiger charge is 2.19. The van der Waals surface area contributed by atoms with Crippen LogP contribution in [-0.4, -0.2) is 14.3 Å². The summed E-state index contributed by atoms with van der Waals surface area (Å²) in [5, 5.41) is 1.66. The predicted octanol–water partition coefficient (Wildman–Crippen LogP) is 2.41. The lowest BCUT2D eigenvalue weighted by Crippen LogP contribution is -2.17. The van der Waals surface area contributed by atoms with Gasteiger partial charge in [0.25, 0.3) is 15.9 Å². The van der Waals surface area contributed by atoms with Crippen LogP contribution in [-0.2, 0) is 10.0 Å². The Morgan fingerprint density at radius 3 is 2.58 bits per heavy atom. The average Bonchev–Trinajstić information content (AvgIpc) is 2.76. The highest BCUT2D eigenvalue weighted by molar-refractivity contribution is 9.10. The Labute approximate surface area is 122 Å². The van der Waals surface area contributed by atoms with E-state index in [2.05, 4.69) is 20.7 Å². The highest BCUT2D eigenvalue weighted by atomic mass is 79.9. The molecule has 0 aliphatic rings. The van der Waals surface area contributed by atoms with Gasteiger partial charge in [0.2, 0.25) is 0 Å². The highest BCUT2D eigenvalue weighted by Crippen LogP contribution is 2.26. The number of thiophene rings is 1. The van der Waals surface area contributed by atoms with Crippen LogP contribution in [0.2, 0.25) is 0 Å². The first-order valence-corrected chi connectivity index (χ1v) is 8.21. The number of hydrogen-bond donors (Lipinski definition) is 2. The van der Waals surface area contributed by atoms with Gasteiger partial charge in [-0.15, -0.1) is 11.3 Å². The summed E-state index contributed by atoms with van der Waals surface area (Å²) in [5.41, 5.74) is 5.49. The SMILES string of the molecule is NC(=O)c1ccccc1NS(=O)(=O)c1cc(Br)cs1. The van der Waals surface area contributed by atoms with Gasteiger partial charge < -0.3 is 5.73 Å². The smallest absolute Gasteiger partial charge is 0.271 e. The van der Waals surface area contributed by atoms with Crippen molar-refractivity contribution in [1.82, 2.24) is 0 Å². The zero-order valence-electron chi connectivity index (χ0n) is 9.46. The van der Waals surface area contributed by atoms with Gasteiger partial charge in [-0.3, -0.25) is 9.52 Å². The van der Waals surface area contributed by atoms with Crippen LogP contribution in [0.4, 0.5) is 5.69 Å². The van der Waals surface area contributed by atoms with E-state index < -0.39 is 15.9 Å². The van der Waals surface area contributed by atoms with Crippen LogP contribution in [0.15, 0.2) is 44.4 Å². The van der Waals surface area contributed by atoms with E-state index in [0.29, 0.717) is 4.47 Å². The van der Waals surface area contributed by atoms with Crippen molar-refractivity contribution in [3.63, 3.8) is 0 Å². The summed E-state index contributed by atoms with van der Waals surface area (Å²) in [6, 6.07) is 7.67. The average molecular weight is 361 g/mol. The van der Waals surface area contributed by atoms with Crippen molar-refractivity contribution >= 4 is 48.9 Å². The standard InChI is InChI=1S/C11H9BrN2O3S2/c12-7-5-10(18-6-7)19(16,17)14-9-4-2-1-3-8(9)11(13)15/h1-6,14H,(H2,13,15). The number of primary amides is 1. The van der Waals surface area contributed by atoms with Gasteiger partial charge in [-0.1, -0.05) is 12.1 Å². The number of para-hydroxylation sites is 1. The lowest BCUT2D eigenvalue weighted by Gasteiger charge is -2.09. The number of carbonyl (C=O) groups is 1. The van der Waals surface area contributed by atoms with Crippen LogP contribution < -0.4 is 10.5 Å². The van der Waals surface area contributed by atoms with E-state index in [1.54, 1.807) is 17.5 Å². The van der Waals surface area contributed by atoms with Gasteiger partial charge in [0.05, 0.1) is 11.3 Å². The molecule has 0 spiro atoms. The molecule has 0 unspecified atom stereocenters. The molecule has 1 amide bonds. The monoisotopic (exact) mass is 360 g/mol. The second kappa shape index (κ2) is 5.32. The predicted molar refractivity (Wildman–Crippen MR) is 77.8 cm³/mol. The molecule has 0 aliphatic carbocycles. The van der Waals surface area contributed by atoms with E-state index in [9.17, 15) is 13.2 Å². The van der Waals surface area contributed by atoms with E-state index in [4.69, 9.17) is 5.73 Å². The third-order valence-electron chi connectivity index (χ3n) is 2.25. The van der Waals surface area contributed by atoms with E-state index >= 15 is 0 Å². The van der Waals surface area contributed by atoms with Crippen LogP contribution in [0.25, 0.3) is 0 Å². The van der Waals surface area contributed by atoms with Gasteiger partial charge in [-0.25, -0.2) is 8.42 Å². The Kier molecular flexibility index (Phi) is 3.93. The summed E-state index contributed by atoms with van der Waals surface area (Å²) in [7, 11) is -3.72. The van der Waals surface area contributed by atoms with E-state index in [1.165, 1.54) is 18.2 Å². The Bertz CT molecular complexity index is 725. The maximum absolute atomic E-state index is 12.1. The van der Waals surface area contributed by atoms with Crippen molar-refractivity contribution < 1.29 is 13.2 Å². The van der Waals surface area contributed by atoms with Crippen molar-refractivity contribution in [2.45, 2.75) is 4.21 Å². The first kappa shape index (κ1) is 14.0. The first-order chi connectivity index (χ1) is 8.90. The fourth-order valence-corrected chi connectivity index (χ4v) is 4.35. The van der Waals surface area contributed by atoms with Crippen molar-refractivity contribution in [2.75, 3.05) is 4.72 Å². The molecule has 0 fully saturated rings. The van der Waals surface area contributed by atoms with Gasteiger partial charge in [-0.05, 0) is 34.1 Å². The number of carbonyl (C=O) groups excluding carboxylic acids is 1. The van der Waals surface area contributed by atoms with Gasteiger partial charge in [0.1, 0.15) is 4.21 Å². The fourth-order valence-electron chi connectivity index (χ4n) is 1.42. The molecular weight excluding hydrogens is 352 g/mol. The zero-order valence-corrected chi connectivity index (χ0v) is 12.7. The molecule has 2 aromatic rings. The minimum absolute atomic E-state index is 0.127. The van der Waals surface area contributed by atoms with Crippen LogP contribution >= 0.6 is 27.3 Å². The summed E-state index contributed by atoms with van der Waals surface area (Å²) in [6.45, 7) is 0. The Hall–Kier alpha value is -1.38. The van der Waals surface area contributed by atoms with Crippen LogP contribution in [0.3, 0.4) is 0 Å². The second-order valence-electron chi connectivity index (χ2n) is 3.60. The third kappa shape index (κ3) is 3.14. The molecule has 0 saturated heterocycles. The molecular formula is C11H9BrN2O3S2. The minimum atomic E-state index is -3.72. The fraction of sp³-hybridized carbons (Fsp3) is 0. The molecule has 0 atom stereocenters. The number of sulfonamides is 1. The van der Waals surface area contributed by atoms with Crippen molar-refractivity contribution in [2.24, 2.45) is 5.73 Å². The van der Waals surface area contributed by atoms with Crippen LogP contribution in [0.5, 0.6) is 0 Å². The molecule has 19 heavy (non-hydrogen) atoms. The summed E-state index contributed by atoms with van der Waals surface area (Å²) in [4.78, 5) is 11.2.